The van der Waals surface area contributed by atoms with Crippen molar-refractivity contribution in [2.45, 2.75) is 32.0 Å². The molecule has 6 nitrogen and oxygen atoms in total. The van der Waals surface area contributed by atoms with Crippen molar-refractivity contribution in [3.05, 3.63) is 41.5 Å². The molecule has 0 spiro atoms. The SMILES string of the molecule is Cc1ccc(-c2csc(NC(=O)CSc3nncn3C(C)C)n2)cc1. The summed E-state index contributed by atoms with van der Waals surface area (Å²) in [5, 5.41) is 14.1. The zero-order valence-electron chi connectivity index (χ0n) is 14.3. The van der Waals surface area contributed by atoms with Crippen molar-refractivity contribution in [1.82, 2.24) is 19.7 Å². The monoisotopic (exact) mass is 373 g/mol. The van der Waals surface area contributed by atoms with Crippen molar-refractivity contribution in [1.29, 1.82) is 0 Å². The van der Waals surface area contributed by atoms with E-state index in [1.807, 2.05) is 29.0 Å². The van der Waals surface area contributed by atoms with Gasteiger partial charge in [0.2, 0.25) is 5.91 Å². The Morgan fingerprint density at radius 1 is 1.32 bits per heavy atom. The summed E-state index contributed by atoms with van der Waals surface area (Å²) < 4.78 is 1.94. The fourth-order valence-electron chi connectivity index (χ4n) is 2.16. The highest BCUT2D eigenvalue weighted by molar-refractivity contribution is 7.99. The van der Waals surface area contributed by atoms with E-state index in [1.165, 1.54) is 28.7 Å². The molecule has 0 bridgehead atoms. The predicted molar refractivity (Wildman–Crippen MR) is 102 cm³/mol. The zero-order valence-corrected chi connectivity index (χ0v) is 15.9. The van der Waals surface area contributed by atoms with Gasteiger partial charge >= 0.3 is 0 Å². The number of carbonyl (C=O) groups excluding carboxylic acids is 1. The molecule has 25 heavy (non-hydrogen) atoms. The summed E-state index contributed by atoms with van der Waals surface area (Å²) in [5.41, 5.74) is 3.12. The Labute approximate surface area is 154 Å². The van der Waals surface area contributed by atoms with Gasteiger partial charge in [-0.3, -0.25) is 4.79 Å². The van der Waals surface area contributed by atoms with Crippen LogP contribution < -0.4 is 5.32 Å². The Morgan fingerprint density at radius 2 is 2.08 bits per heavy atom. The summed E-state index contributed by atoms with van der Waals surface area (Å²) in [6.07, 6.45) is 1.68. The fraction of sp³-hybridized carbons (Fsp3) is 0.294. The molecule has 0 radical (unpaired) electrons. The first-order valence-electron chi connectivity index (χ1n) is 7.87. The van der Waals surface area contributed by atoms with Crippen LogP contribution in [0, 0.1) is 6.92 Å². The molecule has 1 aromatic carbocycles. The van der Waals surface area contributed by atoms with Crippen LogP contribution in [0.15, 0.2) is 41.1 Å². The van der Waals surface area contributed by atoms with Gasteiger partial charge in [-0.05, 0) is 20.8 Å². The third-order valence-electron chi connectivity index (χ3n) is 3.53. The lowest BCUT2D eigenvalue weighted by atomic mass is 10.1. The van der Waals surface area contributed by atoms with Gasteiger partial charge in [-0.25, -0.2) is 4.98 Å². The minimum Gasteiger partial charge on any atom is -0.306 e. The average molecular weight is 374 g/mol. The molecule has 8 heteroatoms. The van der Waals surface area contributed by atoms with Crippen LogP contribution in [0.2, 0.25) is 0 Å². The number of hydrogen-bond donors (Lipinski definition) is 1. The van der Waals surface area contributed by atoms with Gasteiger partial charge in [0.25, 0.3) is 0 Å². The summed E-state index contributed by atoms with van der Waals surface area (Å²) in [6, 6.07) is 8.43. The summed E-state index contributed by atoms with van der Waals surface area (Å²) in [7, 11) is 0. The Kier molecular flexibility index (Phi) is 5.50. The van der Waals surface area contributed by atoms with Crippen molar-refractivity contribution >= 4 is 34.1 Å². The summed E-state index contributed by atoms with van der Waals surface area (Å²) in [5.74, 6) is 0.165. The molecular weight excluding hydrogens is 354 g/mol. The molecule has 0 fully saturated rings. The van der Waals surface area contributed by atoms with Crippen LogP contribution in [0.4, 0.5) is 5.13 Å². The molecular formula is C17H19N5OS2. The third-order valence-corrected chi connectivity index (χ3v) is 5.24. The Balaban J connectivity index is 1.58. The van der Waals surface area contributed by atoms with Crippen molar-refractivity contribution in [2.75, 3.05) is 11.1 Å². The van der Waals surface area contributed by atoms with Gasteiger partial charge in [0.05, 0.1) is 11.4 Å². The summed E-state index contributed by atoms with van der Waals surface area (Å²) in [6.45, 7) is 6.15. The van der Waals surface area contributed by atoms with Crippen molar-refractivity contribution < 1.29 is 4.79 Å². The Hall–Kier alpha value is -2.19. The number of rotatable bonds is 6. The first kappa shape index (κ1) is 17.6. The highest BCUT2D eigenvalue weighted by atomic mass is 32.2. The molecule has 3 rings (SSSR count). The molecule has 0 saturated carbocycles. The molecule has 1 amide bonds. The van der Waals surface area contributed by atoms with Crippen LogP contribution >= 0.6 is 23.1 Å². The number of thioether (sulfide) groups is 1. The first-order chi connectivity index (χ1) is 12.0. The standard InChI is InChI=1S/C17H19N5OS2/c1-11(2)22-10-18-21-17(22)25-9-15(23)20-16-19-14(8-24-16)13-6-4-12(3)5-7-13/h4-8,10-11H,9H2,1-3H3,(H,19,20,23). The molecule has 1 N–H and O–H groups in total. The number of nitrogens with zero attached hydrogens (tertiary/aromatic N) is 4. The highest BCUT2D eigenvalue weighted by Crippen LogP contribution is 2.25. The molecule has 3 aromatic rings. The van der Waals surface area contributed by atoms with E-state index in [0.29, 0.717) is 5.13 Å². The first-order valence-corrected chi connectivity index (χ1v) is 9.74. The zero-order chi connectivity index (χ0) is 17.8. The lowest BCUT2D eigenvalue weighted by Crippen LogP contribution is -2.14. The molecule has 130 valence electrons. The van der Waals surface area contributed by atoms with Crippen molar-refractivity contribution in [3.8, 4) is 11.3 Å². The molecule has 2 aromatic heterocycles. The molecule has 0 aliphatic rings. The lowest BCUT2D eigenvalue weighted by molar-refractivity contribution is -0.113. The lowest BCUT2D eigenvalue weighted by Gasteiger charge is -2.08. The van der Waals surface area contributed by atoms with Gasteiger partial charge in [0.1, 0.15) is 6.33 Å². The molecule has 2 heterocycles. The largest absolute Gasteiger partial charge is 0.306 e. The second kappa shape index (κ2) is 7.79. The number of nitrogens with one attached hydrogen (secondary N) is 1. The number of hydrogen-bond acceptors (Lipinski definition) is 6. The van der Waals surface area contributed by atoms with Crippen LogP contribution in [-0.4, -0.2) is 31.4 Å². The normalized spacial score (nSPS) is 11.0. The van der Waals surface area contributed by atoms with Gasteiger partial charge < -0.3 is 9.88 Å². The summed E-state index contributed by atoms with van der Waals surface area (Å²) >= 11 is 2.79. The maximum absolute atomic E-state index is 12.2. The summed E-state index contributed by atoms with van der Waals surface area (Å²) in [4.78, 5) is 16.6. The van der Waals surface area contributed by atoms with E-state index < -0.39 is 0 Å². The van der Waals surface area contributed by atoms with Crippen LogP contribution in [0.1, 0.15) is 25.5 Å². The van der Waals surface area contributed by atoms with Gasteiger partial charge in [0, 0.05) is 17.0 Å². The topological polar surface area (TPSA) is 72.7 Å². The second-order valence-corrected chi connectivity index (χ2v) is 7.66. The number of aromatic nitrogens is 4. The second-order valence-electron chi connectivity index (χ2n) is 5.86. The number of anilines is 1. The number of amides is 1. The Bertz CT molecular complexity index is 854. The van der Waals surface area contributed by atoms with Crippen LogP contribution in [0.25, 0.3) is 11.3 Å². The molecule has 0 saturated heterocycles. The van der Waals surface area contributed by atoms with Gasteiger partial charge in [0.15, 0.2) is 10.3 Å². The molecule has 0 aliphatic heterocycles. The van der Waals surface area contributed by atoms with E-state index in [9.17, 15) is 4.79 Å². The van der Waals surface area contributed by atoms with Crippen LogP contribution in [-0.2, 0) is 4.79 Å². The maximum Gasteiger partial charge on any atom is 0.236 e. The molecule has 0 aliphatic carbocycles. The van der Waals surface area contributed by atoms with E-state index in [2.05, 4.69) is 46.5 Å². The number of benzene rings is 1. The van der Waals surface area contributed by atoms with E-state index in [0.717, 1.165) is 16.4 Å². The van der Waals surface area contributed by atoms with Crippen molar-refractivity contribution in [2.24, 2.45) is 0 Å². The molecule has 0 atom stereocenters. The Morgan fingerprint density at radius 3 is 2.80 bits per heavy atom. The smallest absolute Gasteiger partial charge is 0.236 e. The van der Waals surface area contributed by atoms with Gasteiger partial charge in [-0.2, -0.15) is 0 Å². The number of carbonyl (C=O) groups is 1. The van der Waals surface area contributed by atoms with E-state index in [1.54, 1.807) is 6.33 Å². The predicted octanol–water partition coefficient (Wildman–Crippen LogP) is 4.02. The van der Waals surface area contributed by atoms with E-state index in [4.69, 9.17) is 0 Å². The minimum absolute atomic E-state index is 0.104. The highest BCUT2D eigenvalue weighted by Gasteiger charge is 2.12. The van der Waals surface area contributed by atoms with Crippen LogP contribution in [0.5, 0.6) is 0 Å². The molecule has 0 unspecified atom stereocenters. The third kappa shape index (κ3) is 4.46. The quantitative estimate of drug-likeness (QED) is 0.661. The van der Waals surface area contributed by atoms with Gasteiger partial charge in [-0.15, -0.1) is 21.5 Å². The van der Waals surface area contributed by atoms with E-state index in [-0.39, 0.29) is 17.7 Å². The fourth-order valence-corrected chi connectivity index (χ4v) is 3.74. The van der Waals surface area contributed by atoms with E-state index >= 15 is 0 Å². The average Bonchev–Trinajstić information content (AvgIpc) is 3.23. The maximum atomic E-state index is 12.2. The number of thiazole rings is 1. The van der Waals surface area contributed by atoms with Gasteiger partial charge in [-0.1, -0.05) is 41.6 Å². The number of aryl methyl sites for hydroxylation is 1. The minimum atomic E-state index is -0.104. The van der Waals surface area contributed by atoms with Crippen molar-refractivity contribution in [3.63, 3.8) is 0 Å². The van der Waals surface area contributed by atoms with Crippen LogP contribution in [0.3, 0.4) is 0 Å².